The second-order valence-corrected chi connectivity index (χ2v) is 21.6. The predicted molar refractivity (Wildman–Crippen MR) is 337 cm³/mol. The van der Waals surface area contributed by atoms with Gasteiger partial charge in [-0.2, -0.15) is 0 Å². The van der Waals surface area contributed by atoms with Crippen LogP contribution in [0.2, 0.25) is 0 Å². The van der Waals surface area contributed by atoms with Crippen LogP contribution in [-0.4, -0.2) is 61.2 Å². The van der Waals surface area contributed by atoms with E-state index in [4.69, 9.17) is 14.2 Å². The van der Waals surface area contributed by atoms with Crippen LogP contribution in [0.4, 0.5) is 57.0 Å². The summed E-state index contributed by atoms with van der Waals surface area (Å²) in [5, 5.41) is 11.4. The Balaban J connectivity index is 0.000000162. The monoisotopic (exact) mass is 1320 g/mol. The van der Waals surface area contributed by atoms with Gasteiger partial charge in [-0.25, -0.2) is 69.4 Å². The van der Waals surface area contributed by atoms with Crippen molar-refractivity contribution >= 4 is 66.1 Å². The fourth-order valence-electron chi connectivity index (χ4n) is 10.2. The molecule has 6 aromatic carbocycles. The Morgan fingerprint density at radius 3 is 0.967 bits per heavy atom. The number of alkyl halides is 6. The maximum absolute atomic E-state index is 14.7. The van der Waals surface area contributed by atoms with Gasteiger partial charge in [0.05, 0.1) is 77.2 Å². The quantitative estimate of drug-likeness (QED) is 0.0737. The maximum atomic E-state index is 14.7. The van der Waals surface area contributed by atoms with E-state index in [2.05, 4.69) is 71.8 Å². The molecule has 3 atom stereocenters. The Labute approximate surface area is 525 Å². The molecule has 3 N–H and O–H groups in total. The number of ether oxygens (including phenoxy) is 3. The van der Waals surface area contributed by atoms with Crippen LogP contribution in [0.15, 0.2) is 145 Å². The van der Waals surface area contributed by atoms with Gasteiger partial charge in [0.25, 0.3) is 19.3 Å². The van der Waals surface area contributed by atoms with Gasteiger partial charge in [0.1, 0.15) is 69.6 Å². The summed E-state index contributed by atoms with van der Waals surface area (Å²) in [6, 6.07) is 28.6. The lowest BCUT2D eigenvalue weighted by molar-refractivity contribution is 0.145. The minimum atomic E-state index is -2.89. The van der Waals surface area contributed by atoms with E-state index in [1.807, 2.05) is 48.5 Å². The van der Waals surface area contributed by atoms with E-state index in [1.54, 1.807) is 99.8 Å². The number of aryl methyl sites for hydroxylation is 3. The lowest BCUT2D eigenvalue weighted by atomic mass is 10.0. The maximum Gasteiger partial charge on any atom is 0.266 e. The summed E-state index contributed by atoms with van der Waals surface area (Å²) in [4.78, 5) is 34.9. The topological polar surface area (TPSA) is 167 Å². The molecule has 0 aliphatic carbocycles. The van der Waals surface area contributed by atoms with E-state index in [9.17, 15) is 39.5 Å². The number of methoxy groups -OCH3 is 3. The molecule has 0 bridgehead atoms. The number of nitrogens with zero attached hydrogens (tertiary/aromatic N) is 8. The Hall–Kier alpha value is -9.71. The third kappa shape index (κ3) is 14.8. The van der Waals surface area contributed by atoms with Gasteiger partial charge in [-0.3, -0.25) is 9.97 Å². The number of halogens is 10. The second kappa shape index (κ2) is 28.8. The number of hydrogen-bond acceptors (Lipinski definition) is 14. The van der Waals surface area contributed by atoms with E-state index in [0.717, 1.165) is 44.9 Å². The molecule has 5 heterocycles. The molecule has 0 unspecified atom stereocenters. The average Bonchev–Trinajstić information content (AvgIpc) is 0.856. The molecular weight excluding hydrogens is 1260 g/mol. The molecule has 0 amide bonds. The summed E-state index contributed by atoms with van der Waals surface area (Å²) in [5.41, 5.74) is 4.08. The third-order valence-corrected chi connectivity index (χ3v) is 15.3. The summed E-state index contributed by atoms with van der Waals surface area (Å²) in [6.45, 7) is 10.3. The zero-order valence-electron chi connectivity index (χ0n) is 50.3. The van der Waals surface area contributed by atoms with Crippen molar-refractivity contribution in [2.75, 3.05) is 37.3 Å². The highest BCUT2D eigenvalue weighted by molar-refractivity contribution is 9.10. The normalized spacial score (nSPS) is 12.3. The molecule has 11 aromatic rings. The average molecular weight is 1320 g/mol. The molecule has 0 saturated heterocycles. The van der Waals surface area contributed by atoms with Crippen molar-refractivity contribution in [3.05, 3.63) is 213 Å². The van der Waals surface area contributed by atoms with Gasteiger partial charge in [-0.05, 0) is 129 Å². The molecule has 11 rings (SSSR count). The molecule has 470 valence electrons. The molecular formula is C67H59BrF9N11O3. The van der Waals surface area contributed by atoms with Crippen molar-refractivity contribution in [1.82, 2.24) is 39.9 Å². The summed E-state index contributed by atoms with van der Waals surface area (Å²) in [7, 11) is 4.69. The minimum absolute atomic E-state index is 0.132. The Morgan fingerprint density at radius 1 is 0.385 bits per heavy atom. The smallest absolute Gasteiger partial charge is 0.266 e. The number of pyridine rings is 2. The van der Waals surface area contributed by atoms with E-state index in [0.29, 0.717) is 84.9 Å². The molecule has 91 heavy (non-hydrogen) atoms. The van der Waals surface area contributed by atoms with Crippen LogP contribution in [-0.2, 0) is 0 Å². The number of rotatable bonds is 17. The highest BCUT2D eigenvalue weighted by atomic mass is 79.9. The van der Waals surface area contributed by atoms with Crippen molar-refractivity contribution in [2.24, 2.45) is 0 Å². The molecule has 24 heteroatoms. The molecule has 0 radical (unpaired) electrons. The van der Waals surface area contributed by atoms with Crippen LogP contribution < -0.4 is 30.2 Å². The third-order valence-electron chi connectivity index (χ3n) is 14.7. The minimum Gasteiger partial charge on any atom is -0.496 e. The van der Waals surface area contributed by atoms with Crippen LogP contribution in [0.1, 0.15) is 109 Å². The number of fused-ring (bicyclic) bond motifs is 3. The first-order valence-corrected chi connectivity index (χ1v) is 28.9. The van der Waals surface area contributed by atoms with Crippen LogP contribution in [0.25, 0.3) is 55.0 Å². The molecule has 0 saturated carbocycles. The van der Waals surface area contributed by atoms with Gasteiger partial charge >= 0.3 is 0 Å². The molecule has 5 aromatic heterocycles. The van der Waals surface area contributed by atoms with E-state index >= 15 is 0 Å². The Morgan fingerprint density at radius 2 is 0.670 bits per heavy atom. The van der Waals surface area contributed by atoms with Crippen molar-refractivity contribution in [3.8, 4) is 39.5 Å². The first kappa shape index (κ1) is 65.7. The van der Waals surface area contributed by atoms with Gasteiger partial charge < -0.3 is 30.2 Å². The fourth-order valence-corrected chi connectivity index (χ4v) is 10.7. The van der Waals surface area contributed by atoms with E-state index in [-0.39, 0.29) is 16.7 Å². The SMILES string of the molecule is COc1cc2c(N[C@H](C)c3cccc(C(F)F)c3F)nc(C)nc2cc1-c1ccncc1.COc1cc2c(N[C@H](C)c3cccc(C(F)F)c3F)nc(C)nc2cc1-c1ccncc1.COc1cc2c(N[C@H](C)c3cccc(C(F)F)c3F)nc(C)nc2cc1Br. The number of aromatic nitrogens is 8. The highest BCUT2D eigenvalue weighted by Gasteiger charge is 2.25. The summed E-state index contributed by atoms with van der Waals surface area (Å²) >= 11 is 3.42. The summed E-state index contributed by atoms with van der Waals surface area (Å²) < 4.78 is 139. The predicted octanol–water partition coefficient (Wildman–Crippen LogP) is 18.5. The van der Waals surface area contributed by atoms with Gasteiger partial charge in [-0.1, -0.05) is 54.6 Å². The number of benzene rings is 6. The molecule has 0 aliphatic rings. The lowest BCUT2D eigenvalue weighted by Crippen LogP contribution is -2.12. The van der Waals surface area contributed by atoms with Crippen LogP contribution in [0.5, 0.6) is 17.2 Å². The molecule has 0 spiro atoms. The van der Waals surface area contributed by atoms with Crippen molar-refractivity contribution in [1.29, 1.82) is 0 Å². The fraction of sp³-hybridized carbons (Fsp3) is 0.224. The summed E-state index contributed by atoms with van der Waals surface area (Å²) in [6.07, 6.45) is -1.87. The van der Waals surface area contributed by atoms with Gasteiger partial charge in [0.15, 0.2) is 0 Å². The largest absolute Gasteiger partial charge is 0.496 e. The standard InChI is InChI=1S/2C24H21F3N4O.C19H17BrF3N3O/c2*1-13(16-5-4-6-17(22(16)25)23(26)27)29-24-19-12-21(32-3)18(15-7-9-28-10-8-15)11-20(19)30-14(2)31-24;1-9(11-5-4-6-12(17(11)21)18(22)23)24-19-13-7-16(27-3)14(20)8-15(13)25-10(2)26-19/h2*4-13,23H,1-3H3,(H,29,30,31);4-9,18H,1-3H3,(H,24,25,26)/t2*13-;9-/m111/s1. The first-order valence-electron chi connectivity index (χ1n) is 28.1. The van der Waals surface area contributed by atoms with E-state index in [1.165, 1.54) is 36.4 Å². The van der Waals surface area contributed by atoms with Gasteiger partial charge in [0, 0.05) is 68.8 Å². The van der Waals surface area contributed by atoms with Crippen molar-refractivity contribution < 1.29 is 53.7 Å². The Kier molecular flexibility index (Phi) is 20.8. The van der Waals surface area contributed by atoms with Crippen molar-refractivity contribution in [3.63, 3.8) is 0 Å². The molecule has 0 fully saturated rings. The van der Waals surface area contributed by atoms with Crippen molar-refractivity contribution in [2.45, 2.75) is 78.9 Å². The summed E-state index contributed by atoms with van der Waals surface area (Å²) in [5.74, 6) is 2.00. The zero-order valence-corrected chi connectivity index (χ0v) is 51.9. The van der Waals surface area contributed by atoms with E-state index < -0.39 is 71.5 Å². The lowest BCUT2D eigenvalue weighted by Gasteiger charge is -2.19. The van der Waals surface area contributed by atoms with Gasteiger partial charge in [-0.15, -0.1) is 0 Å². The van der Waals surface area contributed by atoms with Crippen LogP contribution in [0, 0.1) is 38.2 Å². The van der Waals surface area contributed by atoms with Gasteiger partial charge in [0.2, 0.25) is 0 Å². The first-order chi connectivity index (χ1) is 43.6. The molecule has 0 aliphatic heterocycles. The highest BCUT2D eigenvalue weighted by Crippen LogP contribution is 2.41. The van der Waals surface area contributed by atoms with Crippen LogP contribution >= 0.6 is 15.9 Å². The number of nitrogens with one attached hydrogen (secondary N) is 3. The molecule has 14 nitrogen and oxygen atoms in total. The second-order valence-electron chi connectivity index (χ2n) is 20.7. The number of hydrogen-bond donors (Lipinski definition) is 3. The van der Waals surface area contributed by atoms with Crippen LogP contribution in [0.3, 0.4) is 0 Å². The zero-order chi connectivity index (χ0) is 65.4. The number of anilines is 3. The Bertz CT molecular complexity index is 4210.